The number of carbonyl (C=O) groups is 1. The van der Waals surface area contributed by atoms with Crippen molar-refractivity contribution in [3.8, 4) is 17.1 Å². The van der Waals surface area contributed by atoms with E-state index in [-0.39, 0.29) is 11.7 Å². The lowest BCUT2D eigenvalue weighted by Crippen LogP contribution is -2.14. The molecule has 0 spiro atoms. The first-order chi connectivity index (χ1) is 15.8. The van der Waals surface area contributed by atoms with Crippen molar-refractivity contribution >= 4 is 69.8 Å². The molecule has 0 radical (unpaired) electrons. The highest BCUT2D eigenvalue weighted by atomic mass is 35.5. The molecule has 0 aliphatic carbocycles. The summed E-state index contributed by atoms with van der Waals surface area (Å²) in [5, 5.41) is 13.8. The van der Waals surface area contributed by atoms with Crippen molar-refractivity contribution in [1.29, 1.82) is 0 Å². The Balaban J connectivity index is 1.63. The summed E-state index contributed by atoms with van der Waals surface area (Å²) in [6, 6.07) is 18.0. The SMILES string of the molecule is Cc1cccc(-n2c(SCC(=O)Nc3ccc(Cl)c(Cl)c3)nnc2-c2ccc(Cl)cc2Cl)c1. The number of aromatic nitrogens is 3. The summed E-state index contributed by atoms with van der Waals surface area (Å²) in [6.45, 7) is 2.00. The van der Waals surface area contributed by atoms with Crippen LogP contribution < -0.4 is 5.32 Å². The van der Waals surface area contributed by atoms with Crippen molar-refractivity contribution in [3.05, 3.63) is 86.3 Å². The molecule has 4 rings (SSSR count). The molecule has 33 heavy (non-hydrogen) atoms. The number of thioether (sulfide) groups is 1. The van der Waals surface area contributed by atoms with Crippen LogP contribution in [0.1, 0.15) is 5.56 Å². The first kappa shape index (κ1) is 23.9. The maximum absolute atomic E-state index is 12.6. The van der Waals surface area contributed by atoms with Gasteiger partial charge in [-0.2, -0.15) is 0 Å². The molecule has 5 nitrogen and oxygen atoms in total. The van der Waals surface area contributed by atoms with Gasteiger partial charge >= 0.3 is 0 Å². The van der Waals surface area contributed by atoms with Crippen LogP contribution in [-0.2, 0) is 4.79 Å². The molecular formula is C23H16Cl4N4OS. The predicted octanol–water partition coefficient (Wildman–Crippen LogP) is 7.59. The van der Waals surface area contributed by atoms with E-state index in [1.165, 1.54) is 11.8 Å². The summed E-state index contributed by atoms with van der Waals surface area (Å²) in [4.78, 5) is 12.6. The number of hydrogen-bond donors (Lipinski definition) is 1. The van der Waals surface area contributed by atoms with Gasteiger partial charge in [0.2, 0.25) is 5.91 Å². The van der Waals surface area contributed by atoms with Gasteiger partial charge < -0.3 is 5.32 Å². The molecule has 0 aliphatic rings. The van der Waals surface area contributed by atoms with Gasteiger partial charge in [-0.05, 0) is 61.0 Å². The van der Waals surface area contributed by atoms with Crippen molar-refractivity contribution < 1.29 is 4.79 Å². The normalized spacial score (nSPS) is 10.9. The lowest BCUT2D eigenvalue weighted by molar-refractivity contribution is -0.113. The number of rotatable bonds is 6. The van der Waals surface area contributed by atoms with E-state index in [4.69, 9.17) is 46.4 Å². The fraction of sp³-hybridized carbons (Fsp3) is 0.0870. The van der Waals surface area contributed by atoms with Crippen molar-refractivity contribution in [2.75, 3.05) is 11.1 Å². The highest BCUT2D eigenvalue weighted by molar-refractivity contribution is 7.99. The Kier molecular flexibility index (Phi) is 7.51. The number of nitrogens with zero attached hydrogens (tertiary/aromatic N) is 3. The van der Waals surface area contributed by atoms with Crippen LogP contribution in [0.25, 0.3) is 17.1 Å². The summed E-state index contributed by atoms with van der Waals surface area (Å²) < 4.78 is 1.87. The Hall–Kier alpha value is -2.22. The number of amides is 1. The zero-order chi connectivity index (χ0) is 23.5. The highest BCUT2D eigenvalue weighted by Gasteiger charge is 2.19. The molecule has 1 N–H and O–H groups in total. The van der Waals surface area contributed by atoms with Gasteiger partial charge in [-0.3, -0.25) is 9.36 Å². The summed E-state index contributed by atoms with van der Waals surface area (Å²) in [7, 11) is 0. The van der Waals surface area contributed by atoms with Gasteiger partial charge in [-0.15, -0.1) is 10.2 Å². The van der Waals surface area contributed by atoms with Crippen LogP contribution in [0.3, 0.4) is 0 Å². The van der Waals surface area contributed by atoms with E-state index < -0.39 is 0 Å². The van der Waals surface area contributed by atoms with Crippen LogP contribution in [0.2, 0.25) is 20.1 Å². The van der Waals surface area contributed by atoms with E-state index in [1.807, 2.05) is 35.8 Å². The first-order valence-corrected chi connectivity index (χ1v) is 12.2. The number of benzene rings is 3. The zero-order valence-electron chi connectivity index (χ0n) is 17.2. The molecule has 4 aromatic rings. The number of nitrogens with one attached hydrogen (secondary N) is 1. The van der Waals surface area contributed by atoms with E-state index >= 15 is 0 Å². The largest absolute Gasteiger partial charge is 0.325 e. The lowest BCUT2D eigenvalue weighted by atomic mass is 10.2. The molecule has 10 heteroatoms. The second-order valence-electron chi connectivity index (χ2n) is 7.07. The van der Waals surface area contributed by atoms with Crippen molar-refractivity contribution in [2.45, 2.75) is 12.1 Å². The van der Waals surface area contributed by atoms with E-state index in [9.17, 15) is 4.79 Å². The Morgan fingerprint density at radius 3 is 2.48 bits per heavy atom. The Bertz CT molecular complexity index is 1340. The summed E-state index contributed by atoms with van der Waals surface area (Å²) in [5.74, 6) is 0.441. The maximum Gasteiger partial charge on any atom is 0.234 e. The van der Waals surface area contributed by atoms with Gasteiger partial charge in [0.1, 0.15) is 0 Å². The first-order valence-electron chi connectivity index (χ1n) is 9.67. The third-order valence-corrected chi connectivity index (χ3v) is 6.82. The topological polar surface area (TPSA) is 59.8 Å². The van der Waals surface area contributed by atoms with Gasteiger partial charge in [-0.25, -0.2) is 0 Å². The summed E-state index contributed by atoms with van der Waals surface area (Å²) in [6.07, 6.45) is 0. The zero-order valence-corrected chi connectivity index (χ0v) is 21.0. The molecule has 0 bridgehead atoms. The fourth-order valence-corrected chi connectivity index (χ4v) is 4.65. The minimum atomic E-state index is -0.219. The average Bonchev–Trinajstić information content (AvgIpc) is 3.18. The van der Waals surface area contributed by atoms with Crippen molar-refractivity contribution in [2.24, 2.45) is 0 Å². The molecule has 3 aromatic carbocycles. The summed E-state index contributed by atoms with van der Waals surface area (Å²) in [5.41, 5.74) is 3.17. The molecular weight excluding hydrogens is 522 g/mol. The second-order valence-corrected chi connectivity index (χ2v) is 9.67. The molecule has 0 aliphatic heterocycles. The van der Waals surface area contributed by atoms with E-state index in [0.717, 1.165) is 11.3 Å². The fourth-order valence-electron chi connectivity index (χ4n) is 3.11. The molecule has 1 amide bonds. The maximum atomic E-state index is 12.6. The van der Waals surface area contributed by atoms with E-state index in [2.05, 4.69) is 15.5 Å². The van der Waals surface area contributed by atoms with Gasteiger partial charge in [0.15, 0.2) is 11.0 Å². The van der Waals surface area contributed by atoms with Crippen LogP contribution >= 0.6 is 58.2 Å². The van der Waals surface area contributed by atoms with Gasteiger partial charge in [-0.1, -0.05) is 70.3 Å². The van der Waals surface area contributed by atoms with Crippen LogP contribution in [-0.4, -0.2) is 26.4 Å². The monoisotopic (exact) mass is 536 g/mol. The molecule has 1 heterocycles. The van der Waals surface area contributed by atoms with Crippen LogP contribution in [0.5, 0.6) is 0 Å². The minimum absolute atomic E-state index is 0.110. The molecule has 0 fully saturated rings. The molecule has 0 unspecified atom stereocenters. The third-order valence-electron chi connectivity index (χ3n) is 4.60. The van der Waals surface area contributed by atoms with Crippen LogP contribution in [0.4, 0.5) is 5.69 Å². The second kappa shape index (κ2) is 10.4. The average molecular weight is 538 g/mol. The number of aryl methyl sites for hydroxylation is 1. The van der Waals surface area contributed by atoms with Crippen LogP contribution in [0, 0.1) is 6.92 Å². The van der Waals surface area contributed by atoms with E-state index in [1.54, 1.807) is 36.4 Å². The van der Waals surface area contributed by atoms with E-state index in [0.29, 0.717) is 42.3 Å². The smallest absolute Gasteiger partial charge is 0.234 e. The molecule has 0 atom stereocenters. The Morgan fingerprint density at radius 2 is 1.76 bits per heavy atom. The minimum Gasteiger partial charge on any atom is -0.325 e. The number of anilines is 1. The van der Waals surface area contributed by atoms with Crippen LogP contribution in [0.15, 0.2) is 65.8 Å². The predicted molar refractivity (Wildman–Crippen MR) is 137 cm³/mol. The number of carbonyl (C=O) groups excluding carboxylic acids is 1. The molecule has 0 saturated heterocycles. The number of hydrogen-bond acceptors (Lipinski definition) is 4. The quantitative estimate of drug-likeness (QED) is 0.257. The summed E-state index contributed by atoms with van der Waals surface area (Å²) >= 11 is 25.7. The Morgan fingerprint density at radius 1 is 0.939 bits per heavy atom. The van der Waals surface area contributed by atoms with Crippen molar-refractivity contribution in [1.82, 2.24) is 14.8 Å². The van der Waals surface area contributed by atoms with Gasteiger partial charge in [0.25, 0.3) is 0 Å². The van der Waals surface area contributed by atoms with Gasteiger partial charge in [0.05, 0.1) is 20.8 Å². The molecule has 1 aromatic heterocycles. The molecule has 0 saturated carbocycles. The Labute approximate surface area is 215 Å². The lowest BCUT2D eigenvalue weighted by Gasteiger charge is -2.12. The van der Waals surface area contributed by atoms with Crippen molar-refractivity contribution in [3.63, 3.8) is 0 Å². The van der Waals surface area contributed by atoms with Gasteiger partial charge in [0, 0.05) is 22.0 Å². The standard InChI is InChI=1S/C23H16Cl4N4OS/c1-13-3-2-4-16(9-13)31-22(17-7-5-14(24)10-19(17)26)29-30-23(31)33-12-21(32)28-15-6-8-18(25)20(27)11-15/h2-11H,12H2,1H3,(H,28,32). The molecule has 168 valence electrons. The number of halogens is 4. The third kappa shape index (κ3) is 5.65. The highest BCUT2D eigenvalue weighted by Crippen LogP contribution is 2.34.